The van der Waals surface area contributed by atoms with Crippen molar-refractivity contribution in [3.05, 3.63) is 54.1 Å². The van der Waals surface area contributed by atoms with Crippen LogP contribution in [0.2, 0.25) is 0 Å². The number of amides is 3. The molecule has 2 aliphatic rings. The molecule has 7 nitrogen and oxygen atoms in total. The highest BCUT2D eigenvalue weighted by Gasteiger charge is 2.54. The first-order valence-electron chi connectivity index (χ1n) is 10.6. The van der Waals surface area contributed by atoms with E-state index in [9.17, 15) is 14.7 Å². The van der Waals surface area contributed by atoms with Gasteiger partial charge in [-0.15, -0.1) is 0 Å². The molecule has 2 aliphatic heterocycles. The summed E-state index contributed by atoms with van der Waals surface area (Å²) < 4.78 is 5.31. The van der Waals surface area contributed by atoms with E-state index in [1.807, 2.05) is 38.1 Å². The molecule has 0 bridgehead atoms. The zero-order valence-electron chi connectivity index (χ0n) is 18.1. The number of nitrogens with zero attached hydrogens (tertiary/aromatic N) is 2. The van der Waals surface area contributed by atoms with Gasteiger partial charge in [-0.3, -0.25) is 4.79 Å². The minimum atomic E-state index is -0.254. The third-order valence-corrected chi connectivity index (χ3v) is 6.15. The molecule has 0 spiro atoms. The number of hydrogen-bond acceptors (Lipinski definition) is 4. The number of urea groups is 1. The van der Waals surface area contributed by atoms with Crippen molar-refractivity contribution in [2.45, 2.75) is 37.9 Å². The average molecular weight is 424 g/mol. The Morgan fingerprint density at radius 1 is 1.19 bits per heavy atom. The lowest BCUT2D eigenvalue weighted by atomic mass is 9.73. The van der Waals surface area contributed by atoms with Crippen molar-refractivity contribution in [2.24, 2.45) is 0 Å². The Bertz CT molecular complexity index is 960. The summed E-state index contributed by atoms with van der Waals surface area (Å²) in [7, 11) is 1.65. The van der Waals surface area contributed by atoms with E-state index in [1.54, 1.807) is 16.9 Å². The van der Waals surface area contributed by atoms with E-state index in [4.69, 9.17) is 4.74 Å². The van der Waals surface area contributed by atoms with Crippen LogP contribution in [0.15, 0.2) is 48.5 Å². The Balaban J connectivity index is 1.55. The molecule has 2 saturated heterocycles. The number of benzene rings is 2. The zero-order valence-corrected chi connectivity index (χ0v) is 18.1. The summed E-state index contributed by atoms with van der Waals surface area (Å²) in [6, 6.07) is 15.5. The average Bonchev–Trinajstić information content (AvgIpc) is 2.75. The van der Waals surface area contributed by atoms with Crippen molar-refractivity contribution in [3.63, 3.8) is 0 Å². The molecule has 2 fully saturated rings. The molecule has 7 heteroatoms. The second-order valence-corrected chi connectivity index (χ2v) is 8.48. The van der Waals surface area contributed by atoms with Gasteiger partial charge in [-0.25, -0.2) is 4.79 Å². The summed E-state index contributed by atoms with van der Waals surface area (Å²) in [6.45, 7) is 4.21. The fraction of sp³-hybridized carbons (Fsp3) is 0.417. The monoisotopic (exact) mass is 423 g/mol. The molecule has 164 valence electrons. The van der Waals surface area contributed by atoms with Crippen LogP contribution >= 0.6 is 0 Å². The molecule has 2 aromatic carbocycles. The number of aliphatic hydroxyl groups excluding tert-OH is 1. The Morgan fingerprint density at radius 2 is 1.94 bits per heavy atom. The lowest BCUT2D eigenvalue weighted by molar-refractivity contribution is -0.159. The summed E-state index contributed by atoms with van der Waals surface area (Å²) >= 11 is 0. The third kappa shape index (κ3) is 3.97. The zero-order chi connectivity index (χ0) is 22.1. The number of fused-ring (bicyclic) bond motifs is 1. The van der Waals surface area contributed by atoms with Gasteiger partial charge in [0.15, 0.2) is 0 Å². The first-order chi connectivity index (χ1) is 14.9. The minimum Gasteiger partial charge on any atom is -0.497 e. The van der Waals surface area contributed by atoms with Gasteiger partial charge in [0.2, 0.25) is 5.91 Å². The molecule has 3 amide bonds. The highest BCUT2D eigenvalue weighted by atomic mass is 16.5. The van der Waals surface area contributed by atoms with E-state index < -0.39 is 0 Å². The van der Waals surface area contributed by atoms with Crippen LogP contribution in [-0.4, -0.2) is 71.8 Å². The van der Waals surface area contributed by atoms with Crippen molar-refractivity contribution >= 4 is 11.9 Å². The predicted molar refractivity (Wildman–Crippen MR) is 118 cm³/mol. The third-order valence-electron chi connectivity index (χ3n) is 6.15. The highest BCUT2D eigenvalue weighted by Crippen LogP contribution is 2.43. The lowest BCUT2D eigenvalue weighted by Crippen LogP contribution is -2.74. The van der Waals surface area contributed by atoms with Crippen molar-refractivity contribution in [3.8, 4) is 16.9 Å². The maximum Gasteiger partial charge on any atom is 0.318 e. The topological polar surface area (TPSA) is 82.1 Å². The van der Waals surface area contributed by atoms with Gasteiger partial charge in [-0.2, -0.15) is 0 Å². The second kappa shape index (κ2) is 8.59. The standard InChI is InChI=1S/C24H29N3O4/c1-15(2)25-24(30)26-12-20-23(21(14-28)27(20)22(29)13-26)17-9-7-16(8-10-17)18-5-4-6-19(11-18)31-3/h4-11,15,20-21,23,28H,12-14H2,1-3H3,(H,25,30)/t20-,21+,23-/m1/s1. The van der Waals surface area contributed by atoms with Gasteiger partial charge in [0.05, 0.1) is 25.8 Å². The molecule has 3 atom stereocenters. The van der Waals surface area contributed by atoms with Crippen LogP contribution in [0.3, 0.4) is 0 Å². The summed E-state index contributed by atoms with van der Waals surface area (Å²) in [6.07, 6.45) is 0. The summed E-state index contributed by atoms with van der Waals surface area (Å²) in [5.74, 6) is 0.679. The Hall–Kier alpha value is -3.06. The summed E-state index contributed by atoms with van der Waals surface area (Å²) in [5.41, 5.74) is 3.19. The van der Waals surface area contributed by atoms with Crippen LogP contribution < -0.4 is 10.1 Å². The maximum atomic E-state index is 12.7. The molecule has 0 aliphatic carbocycles. The number of rotatable bonds is 5. The van der Waals surface area contributed by atoms with E-state index in [0.29, 0.717) is 6.54 Å². The SMILES string of the molecule is COc1cccc(-c2ccc([C@@H]3[C@H]4CN(C(=O)NC(C)C)CC(=O)N4[C@H]3CO)cc2)c1. The molecule has 0 radical (unpaired) electrons. The quantitative estimate of drug-likeness (QED) is 0.774. The first-order valence-corrected chi connectivity index (χ1v) is 10.6. The van der Waals surface area contributed by atoms with E-state index >= 15 is 0 Å². The van der Waals surface area contributed by atoms with Crippen molar-refractivity contribution in [1.29, 1.82) is 0 Å². The molecule has 2 N–H and O–H groups in total. The van der Waals surface area contributed by atoms with Crippen LogP contribution in [0.5, 0.6) is 5.75 Å². The Morgan fingerprint density at radius 3 is 2.58 bits per heavy atom. The predicted octanol–water partition coefficient (Wildman–Crippen LogP) is 2.45. The van der Waals surface area contributed by atoms with Crippen molar-refractivity contribution in [2.75, 3.05) is 26.8 Å². The molecule has 31 heavy (non-hydrogen) atoms. The number of hydrogen-bond donors (Lipinski definition) is 2. The molecule has 0 unspecified atom stereocenters. The molecule has 2 aromatic rings. The number of aliphatic hydroxyl groups is 1. The summed E-state index contributed by atoms with van der Waals surface area (Å²) in [5, 5.41) is 12.8. The van der Waals surface area contributed by atoms with Crippen LogP contribution in [0.4, 0.5) is 4.79 Å². The van der Waals surface area contributed by atoms with Gasteiger partial charge in [0, 0.05) is 18.5 Å². The van der Waals surface area contributed by atoms with Gasteiger partial charge < -0.3 is 25.0 Å². The molecular weight excluding hydrogens is 394 g/mol. The van der Waals surface area contributed by atoms with Gasteiger partial charge in [-0.1, -0.05) is 36.4 Å². The van der Waals surface area contributed by atoms with E-state index in [1.165, 1.54) is 0 Å². The first kappa shape index (κ1) is 21.2. The minimum absolute atomic E-state index is 0.00663. The fourth-order valence-corrected chi connectivity index (χ4v) is 4.69. The lowest BCUT2D eigenvalue weighted by Gasteiger charge is -2.58. The van der Waals surface area contributed by atoms with Gasteiger partial charge in [0.25, 0.3) is 0 Å². The highest BCUT2D eigenvalue weighted by molar-refractivity contribution is 5.87. The van der Waals surface area contributed by atoms with E-state index in [-0.39, 0.29) is 49.1 Å². The number of piperazine rings is 1. The molecule has 4 rings (SSSR count). The Kier molecular flexibility index (Phi) is 5.87. The van der Waals surface area contributed by atoms with Gasteiger partial charge in [0.1, 0.15) is 12.3 Å². The maximum absolute atomic E-state index is 12.7. The number of ether oxygens (including phenoxy) is 1. The number of carbonyl (C=O) groups excluding carboxylic acids is 2. The largest absolute Gasteiger partial charge is 0.497 e. The van der Waals surface area contributed by atoms with Crippen molar-refractivity contribution < 1.29 is 19.4 Å². The Labute approximate surface area is 182 Å². The van der Waals surface area contributed by atoms with E-state index in [2.05, 4.69) is 29.6 Å². The molecule has 0 aromatic heterocycles. The van der Waals surface area contributed by atoms with Crippen molar-refractivity contribution in [1.82, 2.24) is 15.1 Å². The van der Waals surface area contributed by atoms with Crippen LogP contribution in [-0.2, 0) is 4.79 Å². The smallest absolute Gasteiger partial charge is 0.318 e. The number of nitrogens with one attached hydrogen (secondary N) is 1. The molecule has 0 saturated carbocycles. The molecular formula is C24H29N3O4. The van der Waals surface area contributed by atoms with Gasteiger partial charge in [-0.05, 0) is 42.7 Å². The number of carbonyl (C=O) groups is 2. The normalized spacial score (nSPS) is 22.7. The van der Waals surface area contributed by atoms with Crippen LogP contribution in [0.1, 0.15) is 25.3 Å². The van der Waals surface area contributed by atoms with Crippen LogP contribution in [0, 0.1) is 0 Å². The number of methoxy groups -OCH3 is 1. The molecule has 2 heterocycles. The summed E-state index contributed by atoms with van der Waals surface area (Å²) in [4.78, 5) is 28.5. The fourth-order valence-electron chi connectivity index (χ4n) is 4.69. The van der Waals surface area contributed by atoms with E-state index in [0.717, 1.165) is 22.4 Å². The van der Waals surface area contributed by atoms with Crippen LogP contribution in [0.25, 0.3) is 11.1 Å². The van der Waals surface area contributed by atoms with Gasteiger partial charge >= 0.3 is 6.03 Å². The second-order valence-electron chi connectivity index (χ2n) is 8.48.